The lowest BCUT2D eigenvalue weighted by Crippen LogP contribution is -2.37. The van der Waals surface area contributed by atoms with Crippen molar-refractivity contribution >= 4 is 22.8 Å². The largest absolute Gasteiger partial charge is 0.434 e. The van der Waals surface area contributed by atoms with Crippen LogP contribution in [0, 0.1) is 0 Å². The number of thioether (sulfide) groups is 1. The lowest BCUT2D eigenvalue weighted by Gasteiger charge is -2.32. The van der Waals surface area contributed by atoms with E-state index in [2.05, 4.69) is 14.5 Å². The van der Waals surface area contributed by atoms with Gasteiger partial charge in [-0.05, 0) is 63.9 Å². The van der Waals surface area contributed by atoms with Crippen LogP contribution in [0.5, 0.6) is 5.75 Å². The summed E-state index contributed by atoms with van der Waals surface area (Å²) < 4.78 is 33.9. The first-order valence-corrected chi connectivity index (χ1v) is 13.3. The first-order valence-electron chi connectivity index (χ1n) is 12.5. The van der Waals surface area contributed by atoms with Crippen LogP contribution in [0.1, 0.15) is 63.3 Å². The zero-order valence-corrected chi connectivity index (χ0v) is 22.2. The molecule has 0 unspecified atom stereocenters. The van der Waals surface area contributed by atoms with Gasteiger partial charge in [-0.25, -0.2) is 15.0 Å². The van der Waals surface area contributed by atoms with E-state index in [-0.39, 0.29) is 23.0 Å². The molecule has 2 N–H and O–H groups in total. The predicted molar refractivity (Wildman–Crippen MR) is 141 cm³/mol. The fraction of sp³-hybridized carbons (Fsp3) is 0.393. The van der Waals surface area contributed by atoms with Crippen LogP contribution in [-0.2, 0) is 5.60 Å². The van der Waals surface area contributed by atoms with Gasteiger partial charge in [0.15, 0.2) is 5.82 Å². The standard InChI is InChI=1S/C28H28F2N4O3S/c1-27(2,35)23-16-11-19(22-20(37-26(29)30)6-5-7-21(22)38-23)34-18-10-14(8-9-17(18)33-24(16)34)15-12-31-25(32-13-15)28(3,4)36/h5-10,12-13,16,19,23,26,35-36H,11H2,1-4H3/t16-,19-,23+/m1/s1. The van der Waals surface area contributed by atoms with Crippen LogP contribution in [0.4, 0.5) is 8.78 Å². The Labute approximate surface area is 222 Å². The maximum Gasteiger partial charge on any atom is 0.387 e. The molecule has 2 aromatic heterocycles. The Balaban J connectivity index is 1.53. The molecule has 2 aromatic carbocycles. The van der Waals surface area contributed by atoms with Gasteiger partial charge in [-0.1, -0.05) is 12.1 Å². The van der Waals surface area contributed by atoms with E-state index >= 15 is 0 Å². The molecule has 0 saturated heterocycles. The van der Waals surface area contributed by atoms with Crippen LogP contribution >= 0.6 is 11.8 Å². The lowest BCUT2D eigenvalue weighted by molar-refractivity contribution is -0.0508. The van der Waals surface area contributed by atoms with E-state index < -0.39 is 17.8 Å². The van der Waals surface area contributed by atoms with Gasteiger partial charge in [-0.2, -0.15) is 8.78 Å². The summed E-state index contributed by atoms with van der Waals surface area (Å²) in [6.45, 7) is 3.88. The number of ether oxygens (including phenoxy) is 1. The summed E-state index contributed by atoms with van der Waals surface area (Å²) >= 11 is 1.50. The van der Waals surface area contributed by atoms with Gasteiger partial charge in [0.25, 0.3) is 0 Å². The molecule has 4 heterocycles. The first kappa shape index (κ1) is 25.2. The highest BCUT2D eigenvalue weighted by Gasteiger charge is 2.48. The molecule has 2 aliphatic rings. The molecule has 0 spiro atoms. The van der Waals surface area contributed by atoms with E-state index in [1.54, 1.807) is 52.2 Å². The highest BCUT2D eigenvalue weighted by atomic mass is 32.2. The van der Waals surface area contributed by atoms with E-state index in [4.69, 9.17) is 9.72 Å². The molecule has 2 aliphatic heterocycles. The van der Waals surface area contributed by atoms with Gasteiger partial charge < -0.3 is 19.5 Å². The van der Waals surface area contributed by atoms with Crippen molar-refractivity contribution in [2.75, 3.05) is 0 Å². The van der Waals surface area contributed by atoms with Crippen LogP contribution in [-0.4, -0.2) is 47.2 Å². The van der Waals surface area contributed by atoms with E-state index in [1.807, 2.05) is 24.3 Å². The quantitative estimate of drug-likeness (QED) is 0.340. The number of fused-ring (bicyclic) bond motifs is 9. The second kappa shape index (κ2) is 8.72. The molecule has 7 nitrogen and oxygen atoms in total. The fourth-order valence-electron chi connectivity index (χ4n) is 5.64. The van der Waals surface area contributed by atoms with Crippen molar-refractivity contribution < 1.29 is 23.7 Å². The Morgan fingerprint density at radius 1 is 1.05 bits per heavy atom. The number of aliphatic hydroxyl groups is 2. The Morgan fingerprint density at radius 2 is 1.79 bits per heavy atom. The average Bonchev–Trinajstić information content (AvgIpc) is 3.31. The molecule has 38 heavy (non-hydrogen) atoms. The monoisotopic (exact) mass is 538 g/mol. The predicted octanol–water partition coefficient (Wildman–Crippen LogP) is 5.64. The summed E-state index contributed by atoms with van der Waals surface area (Å²) in [7, 11) is 0. The number of rotatable bonds is 5. The number of benzene rings is 2. The third kappa shape index (κ3) is 4.15. The fourth-order valence-corrected chi connectivity index (χ4v) is 7.12. The summed E-state index contributed by atoms with van der Waals surface area (Å²) in [5.41, 5.74) is 1.78. The number of hydrogen-bond acceptors (Lipinski definition) is 7. The van der Waals surface area contributed by atoms with E-state index in [0.29, 0.717) is 17.8 Å². The molecule has 198 valence electrons. The summed E-state index contributed by atoms with van der Waals surface area (Å²) in [5, 5.41) is 21.1. The minimum atomic E-state index is -2.95. The Hall–Kier alpha value is -3.08. The van der Waals surface area contributed by atoms with Gasteiger partial charge in [0.05, 0.1) is 22.7 Å². The molecule has 6 rings (SSSR count). The smallest absolute Gasteiger partial charge is 0.387 e. The molecule has 0 aliphatic carbocycles. The van der Waals surface area contributed by atoms with Crippen LogP contribution < -0.4 is 4.74 Å². The number of hydrogen-bond donors (Lipinski definition) is 2. The van der Waals surface area contributed by atoms with Crippen molar-refractivity contribution in [2.45, 2.75) is 74.0 Å². The number of halogens is 2. The SMILES string of the molecule is CC(C)(O)c1ncc(-c2ccc3nc4n(c3c2)[C@@H]2C[C@@H]4[C@@H](C(C)(C)O)Sc3cccc(OC(F)F)c32)cn1. The Morgan fingerprint density at radius 3 is 2.45 bits per heavy atom. The average molecular weight is 539 g/mol. The molecule has 0 saturated carbocycles. The van der Waals surface area contributed by atoms with Gasteiger partial charge in [-0.3, -0.25) is 0 Å². The number of nitrogens with zero attached hydrogens (tertiary/aromatic N) is 4. The van der Waals surface area contributed by atoms with Crippen LogP contribution in [0.15, 0.2) is 53.7 Å². The second-order valence-corrected chi connectivity index (χ2v) is 12.2. The van der Waals surface area contributed by atoms with Gasteiger partial charge >= 0.3 is 6.61 Å². The topological polar surface area (TPSA) is 93.3 Å². The Bertz CT molecular complexity index is 1530. The third-order valence-electron chi connectivity index (χ3n) is 7.26. The van der Waals surface area contributed by atoms with Gasteiger partial charge in [-0.15, -0.1) is 11.8 Å². The van der Waals surface area contributed by atoms with Crippen LogP contribution in [0.2, 0.25) is 0 Å². The zero-order chi connectivity index (χ0) is 27.0. The molecule has 10 heteroatoms. The van der Waals surface area contributed by atoms with Gasteiger partial charge in [0.2, 0.25) is 0 Å². The molecular weight excluding hydrogens is 510 g/mol. The van der Waals surface area contributed by atoms with E-state index in [0.717, 1.165) is 32.9 Å². The van der Waals surface area contributed by atoms with E-state index in [9.17, 15) is 19.0 Å². The van der Waals surface area contributed by atoms with Gasteiger partial charge in [0, 0.05) is 39.6 Å². The number of alkyl halides is 2. The van der Waals surface area contributed by atoms with E-state index in [1.165, 1.54) is 11.8 Å². The molecule has 0 amide bonds. The molecule has 0 fully saturated rings. The van der Waals surface area contributed by atoms with Crippen molar-refractivity contribution in [3.63, 3.8) is 0 Å². The normalized spacial score (nSPS) is 20.9. The number of aromatic nitrogens is 4. The molecule has 0 radical (unpaired) electrons. The number of imidazole rings is 1. The van der Waals surface area contributed by atoms with Crippen molar-refractivity contribution in [3.05, 3.63) is 66.0 Å². The maximum absolute atomic E-state index is 13.4. The summed E-state index contributed by atoms with van der Waals surface area (Å²) in [6.07, 6.45) is 3.97. The lowest BCUT2D eigenvalue weighted by atomic mass is 9.88. The van der Waals surface area contributed by atoms with Crippen molar-refractivity contribution in [3.8, 4) is 16.9 Å². The first-order chi connectivity index (χ1) is 17.9. The molecule has 3 atom stereocenters. The van der Waals surface area contributed by atoms with Crippen molar-refractivity contribution in [1.82, 2.24) is 19.5 Å². The minimum Gasteiger partial charge on any atom is -0.434 e. The van der Waals surface area contributed by atoms with Crippen molar-refractivity contribution in [1.29, 1.82) is 0 Å². The molecular formula is C28H28F2N4O3S. The van der Waals surface area contributed by atoms with Crippen molar-refractivity contribution in [2.24, 2.45) is 0 Å². The minimum absolute atomic E-state index is 0.0953. The summed E-state index contributed by atoms with van der Waals surface area (Å²) in [5.74, 6) is 1.21. The van der Waals surface area contributed by atoms with Gasteiger partial charge in [0.1, 0.15) is 17.2 Å². The highest BCUT2D eigenvalue weighted by molar-refractivity contribution is 8.00. The molecule has 2 bridgehead atoms. The van der Waals surface area contributed by atoms with Crippen LogP contribution in [0.3, 0.4) is 0 Å². The highest BCUT2D eigenvalue weighted by Crippen LogP contribution is 2.57. The maximum atomic E-state index is 13.4. The zero-order valence-electron chi connectivity index (χ0n) is 21.4. The Kier molecular flexibility index (Phi) is 5.79. The summed E-state index contributed by atoms with van der Waals surface area (Å²) in [6, 6.07) is 10.8. The van der Waals surface area contributed by atoms with Crippen LogP contribution in [0.25, 0.3) is 22.2 Å². The third-order valence-corrected chi connectivity index (χ3v) is 9.03. The second-order valence-electron chi connectivity index (χ2n) is 11.0. The molecule has 4 aromatic rings. The summed E-state index contributed by atoms with van der Waals surface area (Å²) in [4.78, 5) is 14.5.